The molecule has 0 saturated heterocycles. The molecule has 1 N–H and O–H groups in total. The van der Waals surface area contributed by atoms with Crippen LogP contribution in [0.2, 0.25) is 0 Å². The molecule has 8 heteroatoms. The molecule has 0 atom stereocenters. The van der Waals surface area contributed by atoms with Crippen LogP contribution < -0.4 is 79.4 Å². The standard InChI is InChI=1S/C16H23NO5.2Na/c1-22-12-8-9-14(18)13(11-12)16(21)17-10-6-4-2-3-5-7-15(19)20;;/h8-9,11,18H,2-7,10H2,1H3,(H,17,21)(H,19,20);;/q;2*+1/p-2. The number of ether oxygens (including phenoxy) is 1. The summed E-state index contributed by atoms with van der Waals surface area (Å²) in [6.07, 6.45) is 4.15. The van der Waals surface area contributed by atoms with Gasteiger partial charge in [0.05, 0.1) is 7.11 Å². The average molecular weight is 353 g/mol. The predicted octanol–water partition coefficient (Wildman–Crippen LogP) is -5.40. The van der Waals surface area contributed by atoms with Gasteiger partial charge in [0.15, 0.2) is 0 Å². The maximum absolute atomic E-state index is 11.9. The Morgan fingerprint density at radius 3 is 2.33 bits per heavy atom. The number of rotatable bonds is 10. The molecule has 0 aliphatic heterocycles. The predicted molar refractivity (Wildman–Crippen MR) is 77.5 cm³/mol. The third-order valence-electron chi connectivity index (χ3n) is 3.27. The van der Waals surface area contributed by atoms with E-state index in [0.717, 1.165) is 25.7 Å². The van der Waals surface area contributed by atoms with Crippen LogP contribution in [-0.4, -0.2) is 25.5 Å². The third kappa shape index (κ3) is 10.6. The van der Waals surface area contributed by atoms with Gasteiger partial charge in [0.2, 0.25) is 0 Å². The first-order chi connectivity index (χ1) is 10.5. The number of nitrogens with one attached hydrogen (secondary N) is 1. The Labute approximate surface area is 186 Å². The molecule has 0 radical (unpaired) electrons. The number of hydrogen-bond acceptors (Lipinski definition) is 5. The van der Waals surface area contributed by atoms with Crippen molar-refractivity contribution in [3.63, 3.8) is 0 Å². The number of carbonyl (C=O) groups excluding carboxylic acids is 2. The van der Waals surface area contributed by atoms with Gasteiger partial charge in [-0.3, -0.25) is 4.79 Å². The van der Waals surface area contributed by atoms with Gasteiger partial charge in [-0.05, 0) is 31.4 Å². The molecule has 0 heterocycles. The molecule has 0 saturated carbocycles. The SMILES string of the molecule is COc1ccc([O-])c(C(=O)NCCCCCCCC(=O)[O-])c1.[Na+].[Na+]. The second-order valence-corrected chi connectivity index (χ2v) is 5.01. The van der Waals surface area contributed by atoms with Crippen molar-refractivity contribution in [2.75, 3.05) is 13.7 Å². The Morgan fingerprint density at radius 2 is 1.71 bits per heavy atom. The van der Waals surface area contributed by atoms with Crippen LogP contribution in [-0.2, 0) is 4.79 Å². The first-order valence-corrected chi connectivity index (χ1v) is 7.37. The van der Waals surface area contributed by atoms with E-state index in [1.54, 1.807) is 0 Å². The summed E-state index contributed by atoms with van der Waals surface area (Å²) in [7, 11) is 1.47. The molecule has 1 aromatic rings. The average Bonchev–Trinajstić information content (AvgIpc) is 2.49. The minimum Gasteiger partial charge on any atom is -0.872 e. The summed E-state index contributed by atoms with van der Waals surface area (Å²) < 4.78 is 4.99. The van der Waals surface area contributed by atoms with Gasteiger partial charge in [-0.1, -0.05) is 31.1 Å². The van der Waals surface area contributed by atoms with Crippen molar-refractivity contribution < 1.29 is 83.7 Å². The van der Waals surface area contributed by atoms with E-state index in [-0.39, 0.29) is 76.8 Å². The van der Waals surface area contributed by atoms with Crippen molar-refractivity contribution in [3.8, 4) is 11.5 Å². The largest absolute Gasteiger partial charge is 1.00 e. The molecule has 0 fully saturated rings. The minimum atomic E-state index is -1.01. The second kappa shape index (κ2) is 15.0. The number of carboxylic acid groups (broad SMARTS) is 1. The van der Waals surface area contributed by atoms with Crippen LogP contribution in [0.25, 0.3) is 0 Å². The molecule has 0 aromatic heterocycles. The maximum atomic E-state index is 11.9. The van der Waals surface area contributed by atoms with Crippen LogP contribution in [0.15, 0.2) is 18.2 Å². The van der Waals surface area contributed by atoms with Crippen LogP contribution >= 0.6 is 0 Å². The smallest absolute Gasteiger partial charge is 0.872 e. The fourth-order valence-electron chi connectivity index (χ4n) is 2.04. The van der Waals surface area contributed by atoms with Gasteiger partial charge in [0, 0.05) is 18.1 Å². The Hall–Kier alpha value is -0.240. The molecule has 1 amide bonds. The summed E-state index contributed by atoms with van der Waals surface area (Å²) >= 11 is 0. The molecule has 1 aromatic carbocycles. The van der Waals surface area contributed by atoms with Crippen LogP contribution in [0.3, 0.4) is 0 Å². The van der Waals surface area contributed by atoms with Gasteiger partial charge in [-0.2, -0.15) is 0 Å². The first-order valence-electron chi connectivity index (χ1n) is 7.37. The Kier molecular flexibility index (Phi) is 16.3. The van der Waals surface area contributed by atoms with Crippen molar-refractivity contribution >= 4 is 11.9 Å². The minimum absolute atomic E-state index is 0. The molecule has 0 aliphatic carbocycles. The van der Waals surface area contributed by atoms with Crippen LogP contribution in [0.1, 0.15) is 48.9 Å². The van der Waals surface area contributed by atoms with Gasteiger partial charge in [0.1, 0.15) is 5.75 Å². The van der Waals surface area contributed by atoms with Gasteiger partial charge in [0.25, 0.3) is 5.91 Å². The zero-order valence-electron chi connectivity index (χ0n) is 14.7. The monoisotopic (exact) mass is 353 g/mol. The quantitative estimate of drug-likeness (QED) is 0.334. The summed E-state index contributed by atoms with van der Waals surface area (Å²) in [5.74, 6) is -1.28. The maximum Gasteiger partial charge on any atom is 1.00 e. The normalized spacial score (nSPS) is 9.38. The van der Waals surface area contributed by atoms with E-state index in [0.29, 0.717) is 18.7 Å². The van der Waals surface area contributed by atoms with Crippen LogP contribution in [0.4, 0.5) is 0 Å². The Morgan fingerprint density at radius 1 is 1.08 bits per heavy atom. The molecular weight excluding hydrogens is 332 g/mol. The number of carbonyl (C=O) groups is 2. The molecule has 0 spiro atoms. The first kappa shape index (κ1) is 26.0. The molecule has 24 heavy (non-hydrogen) atoms. The van der Waals surface area contributed by atoms with Crippen molar-refractivity contribution in [1.82, 2.24) is 5.32 Å². The van der Waals surface area contributed by atoms with E-state index in [1.165, 1.54) is 25.3 Å². The van der Waals surface area contributed by atoms with E-state index in [4.69, 9.17) is 4.74 Å². The van der Waals surface area contributed by atoms with E-state index >= 15 is 0 Å². The summed E-state index contributed by atoms with van der Waals surface area (Å²) in [4.78, 5) is 22.1. The number of aliphatic carboxylic acids is 1. The zero-order chi connectivity index (χ0) is 16.4. The molecule has 0 aliphatic rings. The molecular formula is C16H21NNa2O5. The summed E-state index contributed by atoms with van der Waals surface area (Å²) in [5.41, 5.74) is 0.0771. The van der Waals surface area contributed by atoms with Gasteiger partial charge >= 0.3 is 59.1 Å². The number of carboxylic acids is 1. The second-order valence-electron chi connectivity index (χ2n) is 5.01. The van der Waals surface area contributed by atoms with E-state index in [9.17, 15) is 19.8 Å². The molecule has 0 unspecified atom stereocenters. The number of benzene rings is 1. The van der Waals surface area contributed by atoms with E-state index in [1.807, 2.05) is 0 Å². The van der Waals surface area contributed by atoms with Crippen molar-refractivity contribution in [1.29, 1.82) is 0 Å². The van der Waals surface area contributed by atoms with Gasteiger partial charge in [-0.15, -0.1) is 0 Å². The number of amides is 1. The number of methoxy groups -OCH3 is 1. The van der Waals surface area contributed by atoms with Crippen molar-refractivity contribution in [2.45, 2.75) is 38.5 Å². The molecule has 1 rings (SSSR count). The fourth-order valence-corrected chi connectivity index (χ4v) is 2.04. The van der Waals surface area contributed by atoms with Gasteiger partial charge < -0.3 is 25.1 Å². The van der Waals surface area contributed by atoms with Crippen LogP contribution in [0, 0.1) is 0 Å². The van der Waals surface area contributed by atoms with Crippen molar-refractivity contribution in [2.24, 2.45) is 0 Å². The fraction of sp³-hybridized carbons (Fsp3) is 0.500. The molecule has 122 valence electrons. The summed E-state index contributed by atoms with van der Waals surface area (Å²) in [6, 6.07) is 4.26. The van der Waals surface area contributed by atoms with Gasteiger partial charge in [-0.25, -0.2) is 0 Å². The zero-order valence-corrected chi connectivity index (χ0v) is 18.7. The molecule has 0 bridgehead atoms. The number of unbranched alkanes of at least 4 members (excludes halogenated alkanes) is 4. The summed E-state index contributed by atoms with van der Waals surface area (Å²) in [6.45, 7) is 0.482. The van der Waals surface area contributed by atoms with E-state index in [2.05, 4.69) is 5.32 Å². The third-order valence-corrected chi connectivity index (χ3v) is 3.27. The molecule has 6 nitrogen and oxygen atoms in total. The Bertz CT molecular complexity index is 511. The van der Waals surface area contributed by atoms with Crippen molar-refractivity contribution in [3.05, 3.63) is 23.8 Å². The van der Waals surface area contributed by atoms with E-state index < -0.39 is 11.9 Å². The topological polar surface area (TPSA) is 102 Å². The Balaban J connectivity index is 0. The van der Waals surface area contributed by atoms with Crippen LogP contribution in [0.5, 0.6) is 11.5 Å². The number of hydrogen-bond donors (Lipinski definition) is 1. The summed E-state index contributed by atoms with van der Waals surface area (Å²) in [5, 5.41) is 24.5.